The molecule has 0 spiro atoms. The average molecular weight is 254 g/mol. The normalized spacial score (nSPS) is 20.5. The van der Waals surface area contributed by atoms with Crippen LogP contribution in [0.2, 0.25) is 0 Å². The number of hydrogen-bond acceptors (Lipinski definition) is 3. The first-order chi connectivity index (χ1) is 7.97. The first-order valence-electron chi connectivity index (χ1n) is 5.59. The molecule has 4 nitrogen and oxygen atoms in total. The maximum atomic E-state index is 11.7. The van der Waals surface area contributed by atoms with E-state index in [1.165, 1.54) is 0 Å². The lowest BCUT2D eigenvalue weighted by Gasteiger charge is -2.10. The van der Waals surface area contributed by atoms with Gasteiger partial charge in [-0.3, -0.25) is 4.79 Å². The molecule has 1 unspecified atom stereocenters. The molecule has 1 saturated heterocycles. The third kappa shape index (κ3) is 7.17. The molecule has 1 fully saturated rings. The maximum absolute atomic E-state index is 11.7. The van der Waals surface area contributed by atoms with Gasteiger partial charge in [0.1, 0.15) is 13.2 Å². The summed E-state index contributed by atoms with van der Waals surface area (Å²) in [4.78, 5) is 11.1. The Morgan fingerprint density at radius 3 is 2.82 bits per heavy atom. The van der Waals surface area contributed by atoms with E-state index in [2.05, 4.69) is 15.4 Å². The molecule has 1 atom stereocenters. The standard InChI is InChI=1S/C10H17F3N2O2/c11-10(12,13)7-17-6-9(16)15-4-2-8-1-3-14-5-8/h8,14H,1-7H2,(H,15,16). The van der Waals surface area contributed by atoms with Gasteiger partial charge in [0.2, 0.25) is 5.91 Å². The Labute approximate surface area is 97.9 Å². The Morgan fingerprint density at radius 1 is 1.47 bits per heavy atom. The van der Waals surface area contributed by atoms with Crippen molar-refractivity contribution in [2.45, 2.75) is 19.0 Å². The van der Waals surface area contributed by atoms with Crippen LogP contribution in [-0.4, -0.2) is 44.9 Å². The summed E-state index contributed by atoms with van der Waals surface area (Å²) in [6.07, 6.45) is -2.45. The molecule has 0 aromatic carbocycles. The van der Waals surface area contributed by atoms with E-state index in [-0.39, 0.29) is 0 Å². The number of nitrogens with one attached hydrogen (secondary N) is 2. The smallest absolute Gasteiger partial charge is 0.362 e. The van der Waals surface area contributed by atoms with E-state index in [9.17, 15) is 18.0 Å². The summed E-state index contributed by atoms with van der Waals surface area (Å²) in [7, 11) is 0. The van der Waals surface area contributed by atoms with Crippen molar-refractivity contribution in [3.05, 3.63) is 0 Å². The second kappa shape index (κ2) is 6.80. The van der Waals surface area contributed by atoms with Gasteiger partial charge in [0.05, 0.1) is 0 Å². The number of halogens is 3. The summed E-state index contributed by atoms with van der Waals surface area (Å²) < 4.78 is 39.3. The Hall–Kier alpha value is -0.820. The fourth-order valence-electron chi connectivity index (χ4n) is 1.69. The molecule has 1 rings (SSSR count). The van der Waals surface area contributed by atoms with Crippen molar-refractivity contribution in [1.82, 2.24) is 10.6 Å². The molecule has 0 aliphatic carbocycles. The van der Waals surface area contributed by atoms with Crippen molar-refractivity contribution in [2.75, 3.05) is 32.8 Å². The second-order valence-electron chi connectivity index (χ2n) is 4.11. The molecule has 0 radical (unpaired) electrons. The minimum atomic E-state index is -4.38. The van der Waals surface area contributed by atoms with Crippen LogP contribution >= 0.6 is 0 Å². The van der Waals surface area contributed by atoms with E-state index in [0.29, 0.717) is 12.5 Å². The van der Waals surface area contributed by atoms with Gasteiger partial charge < -0.3 is 15.4 Å². The van der Waals surface area contributed by atoms with Gasteiger partial charge in [0.25, 0.3) is 0 Å². The Bertz CT molecular complexity index is 240. The Morgan fingerprint density at radius 2 is 2.24 bits per heavy atom. The van der Waals surface area contributed by atoms with Gasteiger partial charge in [0, 0.05) is 6.54 Å². The van der Waals surface area contributed by atoms with E-state index < -0.39 is 25.3 Å². The van der Waals surface area contributed by atoms with Gasteiger partial charge in [0.15, 0.2) is 0 Å². The number of carbonyl (C=O) groups is 1. The zero-order chi connectivity index (χ0) is 12.7. The van der Waals surface area contributed by atoms with Gasteiger partial charge in [-0.05, 0) is 31.8 Å². The van der Waals surface area contributed by atoms with E-state index in [0.717, 1.165) is 25.9 Å². The molecule has 0 bridgehead atoms. The minimum absolute atomic E-state index is 0.487. The number of amides is 1. The zero-order valence-corrected chi connectivity index (χ0v) is 9.48. The van der Waals surface area contributed by atoms with E-state index in [1.54, 1.807) is 0 Å². The Kier molecular flexibility index (Phi) is 5.70. The molecule has 0 aromatic rings. The highest BCUT2D eigenvalue weighted by Crippen LogP contribution is 2.14. The van der Waals surface area contributed by atoms with Crippen LogP contribution in [0.25, 0.3) is 0 Å². The fourth-order valence-corrected chi connectivity index (χ4v) is 1.69. The Balaban J connectivity index is 1.97. The third-order valence-electron chi connectivity index (χ3n) is 2.54. The predicted molar refractivity (Wildman–Crippen MR) is 55.5 cm³/mol. The highest BCUT2D eigenvalue weighted by molar-refractivity contribution is 5.77. The molecule has 2 N–H and O–H groups in total. The van der Waals surface area contributed by atoms with Crippen LogP contribution in [0.15, 0.2) is 0 Å². The van der Waals surface area contributed by atoms with Gasteiger partial charge >= 0.3 is 6.18 Å². The van der Waals surface area contributed by atoms with Gasteiger partial charge in [-0.15, -0.1) is 0 Å². The van der Waals surface area contributed by atoms with E-state index in [1.807, 2.05) is 0 Å². The summed E-state index contributed by atoms with van der Waals surface area (Å²) in [5.41, 5.74) is 0. The van der Waals surface area contributed by atoms with Crippen molar-refractivity contribution in [2.24, 2.45) is 5.92 Å². The molecule has 0 saturated carbocycles. The summed E-state index contributed by atoms with van der Waals surface area (Å²) in [5, 5.41) is 5.74. The van der Waals surface area contributed by atoms with Crippen LogP contribution in [0.4, 0.5) is 13.2 Å². The summed E-state index contributed by atoms with van der Waals surface area (Å²) in [6.45, 7) is 0.504. The minimum Gasteiger partial charge on any atom is -0.362 e. The highest BCUT2D eigenvalue weighted by Gasteiger charge is 2.27. The average Bonchev–Trinajstić information content (AvgIpc) is 2.68. The molecular formula is C10H17F3N2O2. The second-order valence-corrected chi connectivity index (χ2v) is 4.11. The molecule has 100 valence electrons. The lowest BCUT2D eigenvalue weighted by molar-refractivity contribution is -0.175. The van der Waals surface area contributed by atoms with Crippen LogP contribution in [0, 0.1) is 5.92 Å². The van der Waals surface area contributed by atoms with Crippen LogP contribution in [0.3, 0.4) is 0 Å². The van der Waals surface area contributed by atoms with Crippen LogP contribution in [0.1, 0.15) is 12.8 Å². The topological polar surface area (TPSA) is 50.4 Å². The molecule has 1 aliphatic rings. The maximum Gasteiger partial charge on any atom is 0.411 e. The van der Waals surface area contributed by atoms with Crippen molar-refractivity contribution < 1.29 is 22.7 Å². The lowest BCUT2D eigenvalue weighted by atomic mass is 10.1. The van der Waals surface area contributed by atoms with Gasteiger partial charge in [-0.2, -0.15) is 13.2 Å². The fraction of sp³-hybridized carbons (Fsp3) is 0.900. The predicted octanol–water partition coefficient (Wildman–Crippen LogP) is 0.681. The van der Waals surface area contributed by atoms with Crippen molar-refractivity contribution in [3.8, 4) is 0 Å². The molecule has 1 aliphatic heterocycles. The molecule has 1 heterocycles. The number of hydrogen-bond donors (Lipinski definition) is 2. The van der Waals surface area contributed by atoms with Crippen LogP contribution in [-0.2, 0) is 9.53 Å². The van der Waals surface area contributed by atoms with Crippen molar-refractivity contribution in [1.29, 1.82) is 0 Å². The number of carbonyl (C=O) groups excluding carboxylic acids is 1. The zero-order valence-electron chi connectivity index (χ0n) is 9.48. The number of rotatable bonds is 6. The third-order valence-corrected chi connectivity index (χ3v) is 2.54. The lowest BCUT2D eigenvalue weighted by Crippen LogP contribution is -2.31. The molecule has 7 heteroatoms. The van der Waals surface area contributed by atoms with Gasteiger partial charge in [-0.25, -0.2) is 0 Å². The molecule has 1 amide bonds. The summed E-state index contributed by atoms with van der Waals surface area (Å²) in [5.74, 6) is 0.0478. The first-order valence-corrected chi connectivity index (χ1v) is 5.59. The molecule has 17 heavy (non-hydrogen) atoms. The van der Waals surface area contributed by atoms with Crippen LogP contribution < -0.4 is 10.6 Å². The molecule has 0 aromatic heterocycles. The van der Waals surface area contributed by atoms with E-state index in [4.69, 9.17) is 0 Å². The highest BCUT2D eigenvalue weighted by atomic mass is 19.4. The number of alkyl halides is 3. The van der Waals surface area contributed by atoms with Crippen molar-refractivity contribution in [3.63, 3.8) is 0 Å². The van der Waals surface area contributed by atoms with Crippen molar-refractivity contribution >= 4 is 5.91 Å². The SMILES string of the molecule is O=C(COCC(F)(F)F)NCCC1CCNC1. The summed E-state index contributed by atoms with van der Waals surface area (Å²) in [6, 6.07) is 0. The van der Waals surface area contributed by atoms with Crippen LogP contribution in [0.5, 0.6) is 0 Å². The van der Waals surface area contributed by atoms with Gasteiger partial charge in [-0.1, -0.05) is 0 Å². The molecular weight excluding hydrogens is 237 g/mol. The largest absolute Gasteiger partial charge is 0.411 e. The first kappa shape index (κ1) is 14.2. The number of ether oxygens (including phenoxy) is 1. The monoisotopic (exact) mass is 254 g/mol. The summed E-state index contributed by atoms with van der Waals surface area (Å²) >= 11 is 0. The quantitative estimate of drug-likeness (QED) is 0.733. The van der Waals surface area contributed by atoms with E-state index >= 15 is 0 Å².